The summed E-state index contributed by atoms with van der Waals surface area (Å²) in [6.45, 7) is 11.0. The normalized spacial score (nSPS) is 5.57. The predicted molar refractivity (Wildman–Crippen MR) is 79.4 cm³/mol. The highest BCUT2D eigenvalue weighted by atomic mass is 13.9. The second-order valence-corrected chi connectivity index (χ2v) is 2.80. The summed E-state index contributed by atoms with van der Waals surface area (Å²) in [6.07, 6.45) is 3.94. The molecule has 98 valence electrons. The Hall–Kier alpha value is 0. The molecule has 0 aromatic heterocycles. The van der Waals surface area contributed by atoms with Crippen LogP contribution in [0.2, 0.25) is 0 Å². The molecule has 0 aliphatic heterocycles. The van der Waals surface area contributed by atoms with Crippen molar-refractivity contribution in [2.75, 3.05) is 0 Å². The van der Waals surface area contributed by atoms with Crippen LogP contribution in [0.3, 0.4) is 0 Å². The molecule has 0 rings (SSSR count). The van der Waals surface area contributed by atoms with Crippen LogP contribution in [-0.4, -0.2) is 0 Å². The van der Waals surface area contributed by atoms with E-state index >= 15 is 0 Å². The van der Waals surface area contributed by atoms with E-state index in [-0.39, 0.29) is 37.1 Å². The molecule has 0 fully saturated rings. The Morgan fingerprint density at radius 3 is 0.786 bits per heavy atom. The molecule has 0 aromatic carbocycles. The van der Waals surface area contributed by atoms with Gasteiger partial charge in [-0.2, -0.15) is 0 Å². The van der Waals surface area contributed by atoms with Gasteiger partial charge >= 0.3 is 0 Å². The van der Waals surface area contributed by atoms with Gasteiger partial charge in [-0.15, -0.1) is 0 Å². The van der Waals surface area contributed by atoms with E-state index in [0.717, 1.165) is 5.92 Å². The third kappa shape index (κ3) is 161. The lowest BCUT2D eigenvalue weighted by Gasteiger charge is -1.90. The Balaban J connectivity index is -0.0000000104. The van der Waals surface area contributed by atoms with Crippen molar-refractivity contribution in [3.8, 4) is 0 Å². The summed E-state index contributed by atoms with van der Waals surface area (Å²) in [5, 5.41) is 0. The van der Waals surface area contributed by atoms with Crippen LogP contribution in [0.5, 0.6) is 0 Å². The highest BCUT2D eigenvalue weighted by molar-refractivity contribution is 4.32. The van der Waals surface area contributed by atoms with E-state index in [2.05, 4.69) is 34.6 Å². The summed E-state index contributed by atoms with van der Waals surface area (Å²) in [5.41, 5.74) is 0. The van der Waals surface area contributed by atoms with Gasteiger partial charge in [0.05, 0.1) is 0 Å². The first-order valence-corrected chi connectivity index (χ1v) is 4.18. The second-order valence-electron chi connectivity index (χ2n) is 2.80. The molecule has 0 aromatic rings. The van der Waals surface area contributed by atoms with E-state index in [1.807, 2.05) is 0 Å². The van der Waals surface area contributed by atoms with Crippen LogP contribution in [0.25, 0.3) is 0 Å². The van der Waals surface area contributed by atoms with Crippen molar-refractivity contribution in [3.63, 3.8) is 0 Å². The maximum atomic E-state index is 2.22. The van der Waals surface area contributed by atoms with E-state index in [9.17, 15) is 0 Å². The Morgan fingerprint density at radius 2 is 0.786 bits per heavy atom. The molecule has 0 N–H and O–H groups in total. The average Bonchev–Trinajstić information content (AvgIpc) is 1.89. The second kappa shape index (κ2) is 52.0. The van der Waals surface area contributed by atoms with Gasteiger partial charge in [-0.05, 0) is 5.92 Å². The summed E-state index contributed by atoms with van der Waals surface area (Å²) in [5.74, 6) is 0.884. The first kappa shape index (κ1) is 48.3. The lowest BCUT2D eigenvalue weighted by molar-refractivity contribution is 0.626. The van der Waals surface area contributed by atoms with E-state index in [1.54, 1.807) is 0 Å². The van der Waals surface area contributed by atoms with Gasteiger partial charge in [0.2, 0.25) is 0 Å². The van der Waals surface area contributed by atoms with Crippen molar-refractivity contribution < 1.29 is 0 Å². The zero-order chi connectivity index (χ0) is 7.70. The minimum Gasteiger partial charge on any atom is -0.0776 e. The molecular weight excluding hydrogens is 168 g/mol. The van der Waals surface area contributed by atoms with Crippen molar-refractivity contribution in [1.82, 2.24) is 0 Å². The van der Waals surface area contributed by atoms with Crippen molar-refractivity contribution in [3.05, 3.63) is 0 Å². The highest BCUT2D eigenvalue weighted by Gasteiger charge is 1.80. The van der Waals surface area contributed by atoms with Crippen molar-refractivity contribution >= 4 is 0 Å². The Bertz CT molecular complexity index is 27.0. The molecule has 0 nitrogen and oxygen atoms in total. The molecule has 0 saturated heterocycles. The van der Waals surface area contributed by atoms with Crippen LogP contribution in [0.1, 0.15) is 91.0 Å². The maximum absolute atomic E-state index is 2.22. The summed E-state index contributed by atoms with van der Waals surface area (Å²) in [7, 11) is 0. The van der Waals surface area contributed by atoms with E-state index in [4.69, 9.17) is 0 Å². The van der Waals surface area contributed by atoms with Gasteiger partial charge in [0.15, 0.2) is 0 Å². The fourth-order valence-corrected chi connectivity index (χ4v) is 0. The van der Waals surface area contributed by atoms with E-state index < -0.39 is 0 Å². The van der Waals surface area contributed by atoms with Crippen LogP contribution in [0.4, 0.5) is 0 Å². The Labute approximate surface area is 97.5 Å². The quantitative estimate of drug-likeness (QED) is 0.458. The zero-order valence-electron chi connectivity index (χ0n) is 7.70. The molecule has 0 aliphatic rings. The number of rotatable bonds is 2. The van der Waals surface area contributed by atoms with Crippen molar-refractivity contribution in [2.45, 2.75) is 91.0 Å². The summed E-state index contributed by atoms with van der Waals surface area (Å²) in [4.78, 5) is 0. The van der Waals surface area contributed by atoms with Crippen LogP contribution in [0.15, 0.2) is 0 Å². The van der Waals surface area contributed by atoms with Crippen molar-refractivity contribution in [2.24, 2.45) is 5.92 Å². The molecule has 0 radical (unpaired) electrons. The number of hydrogen-bond donors (Lipinski definition) is 0. The van der Waals surface area contributed by atoms with Crippen molar-refractivity contribution in [1.29, 1.82) is 0 Å². The standard InChI is InChI=1S/C5H12.C4H10.5CH4/c1-4-5(2)3;1-3-4-2;;;;;/h5H,4H2,1-3H3;3-4H2,1-2H3;5*1H4. The first-order chi connectivity index (χ1) is 4.18. The molecule has 0 saturated carbocycles. The lowest BCUT2D eigenvalue weighted by atomic mass is 10.2. The highest BCUT2D eigenvalue weighted by Crippen LogP contribution is 1.93. The number of hydrogen-bond acceptors (Lipinski definition) is 0. The monoisotopic (exact) mass is 210 g/mol. The lowest BCUT2D eigenvalue weighted by Crippen LogP contribution is -1.77. The Kier molecular flexibility index (Phi) is 179. The van der Waals surface area contributed by atoms with Crippen LogP contribution < -0.4 is 0 Å². The van der Waals surface area contributed by atoms with Crippen LogP contribution in [-0.2, 0) is 0 Å². The molecular formula is C14H42. The SMILES string of the molecule is C.C.C.C.C.CCC(C)C.CCCC. The predicted octanol–water partition coefficient (Wildman–Crippen LogP) is 7.04. The number of unbranched alkanes of at least 4 members (excludes halogenated alkanes) is 1. The molecule has 0 aliphatic carbocycles. The van der Waals surface area contributed by atoms with Gasteiger partial charge in [0.1, 0.15) is 0 Å². The van der Waals surface area contributed by atoms with E-state index in [0.29, 0.717) is 0 Å². The van der Waals surface area contributed by atoms with Crippen LogP contribution in [0, 0.1) is 5.92 Å². The molecule has 0 heterocycles. The third-order valence-corrected chi connectivity index (χ3v) is 1.32. The zero-order valence-corrected chi connectivity index (χ0v) is 7.70. The molecule has 0 amide bonds. The summed E-state index contributed by atoms with van der Waals surface area (Å²) < 4.78 is 0. The fourth-order valence-electron chi connectivity index (χ4n) is 0. The Morgan fingerprint density at radius 1 is 0.643 bits per heavy atom. The van der Waals surface area contributed by atoms with Gasteiger partial charge in [-0.1, -0.05) is 91.0 Å². The fraction of sp³-hybridized carbons (Fsp3) is 1.00. The average molecular weight is 210 g/mol. The largest absolute Gasteiger partial charge is 0.0776 e. The summed E-state index contributed by atoms with van der Waals surface area (Å²) >= 11 is 0. The van der Waals surface area contributed by atoms with Gasteiger partial charge in [0.25, 0.3) is 0 Å². The molecule has 0 atom stereocenters. The van der Waals surface area contributed by atoms with Crippen LogP contribution >= 0.6 is 0 Å². The molecule has 0 spiro atoms. The summed E-state index contributed by atoms with van der Waals surface area (Å²) in [6, 6.07) is 0. The minimum absolute atomic E-state index is 0. The smallest absolute Gasteiger partial charge is 0.0474 e. The third-order valence-electron chi connectivity index (χ3n) is 1.32. The van der Waals surface area contributed by atoms with Gasteiger partial charge in [-0.25, -0.2) is 0 Å². The van der Waals surface area contributed by atoms with Gasteiger partial charge in [-0.3, -0.25) is 0 Å². The first-order valence-electron chi connectivity index (χ1n) is 4.18. The minimum atomic E-state index is 0. The van der Waals surface area contributed by atoms with E-state index in [1.165, 1.54) is 19.3 Å². The topological polar surface area (TPSA) is 0 Å². The maximum Gasteiger partial charge on any atom is -0.0474 e. The van der Waals surface area contributed by atoms with Gasteiger partial charge < -0.3 is 0 Å². The molecule has 14 heavy (non-hydrogen) atoms. The van der Waals surface area contributed by atoms with Gasteiger partial charge in [0, 0.05) is 0 Å². The molecule has 0 bridgehead atoms. The molecule has 0 heteroatoms. The molecule has 0 unspecified atom stereocenters.